The highest BCUT2D eigenvalue weighted by Crippen LogP contribution is 2.42. The van der Waals surface area contributed by atoms with Crippen LogP contribution in [0.25, 0.3) is 22.5 Å². The van der Waals surface area contributed by atoms with E-state index in [9.17, 15) is 14.4 Å². The van der Waals surface area contributed by atoms with Crippen molar-refractivity contribution in [1.29, 1.82) is 0 Å². The normalized spacial score (nSPS) is 11.7. The first-order chi connectivity index (χ1) is 46.0. The lowest BCUT2D eigenvalue weighted by Gasteiger charge is -2.29. The van der Waals surface area contributed by atoms with Gasteiger partial charge in [-0.05, 0) is 159 Å². The molecule has 20 heteroatoms. The third kappa shape index (κ3) is 30.4. The Morgan fingerprint density at radius 3 is 1.68 bits per heavy atom. The molecule has 4 aromatic carbocycles. The van der Waals surface area contributed by atoms with Crippen LogP contribution in [-0.4, -0.2) is 113 Å². The van der Waals surface area contributed by atoms with Gasteiger partial charge >= 0.3 is 0 Å². The first kappa shape index (κ1) is 81.9. The SMILES string of the molecule is CC(C)CC(=O)NC(C)C.CC(C)CCC(=O)N1Cc2ccccc2-c2nnn(C(C)C)c2-c2ccccc21.CC(C)Cc1ccc(NC(=O)CCOCCOCCOCc2cn(C(C)C)nn2)cc1.CC(C)Cc1cn(C(C)C)nn1.CC(C)NC(=S)c1cccc(C(C)C)c1. The summed E-state index contributed by atoms with van der Waals surface area (Å²) < 4.78 is 22.1. The zero-order valence-corrected chi connectivity index (χ0v) is 63.0. The number of hydrogen-bond acceptors (Lipinski definition) is 13. The fourth-order valence-electron chi connectivity index (χ4n) is 9.96. The van der Waals surface area contributed by atoms with E-state index >= 15 is 0 Å². The Labute approximate surface area is 586 Å². The topological polar surface area (TPSA) is 210 Å². The number of nitrogens with one attached hydrogen (secondary N) is 3. The quantitative estimate of drug-likeness (QED) is 0.0308. The molecule has 3 aromatic heterocycles. The van der Waals surface area contributed by atoms with Gasteiger partial charge < -0.3 is 35.1 Å². The molecule has 0 unspecified atom stereocenters. The van der Waals surface area contributed by atoms with Crippen molar-refractivity contribution in [3.8, 4) is 22.5 Å². The molecule has 8 rings (SSSR count). The highest BCUT2D eigenvalue weighted by atomic mass is 32.1. The van der Waals surface area contributed by atoms with E-state index in [-0.39, 0.29) is 35.8 Å². The summed E-state index contributed by atoms with van der Waals surface area (Å²) in [5, 5.41) is 34.2. The van der Waals surface area contributed by atoms with Gasteiger partial charge in [0.1, 0.15) is 16.4 Å². The Morgan fingerprint density at radius 1 is 0.536 bits per heavy atom. The van der Waals surface area contributed by atoms with Gasteiger partial charge in [-0.15, -0.1) is 15.3 Å². The standard InChI is InChI=1S/C24H28N4O.C23H36N4O4.C13H19NS.C9H17N3.C8H17NO/c1-16(2)13-14-22(29)27-15-18-9-5-6-10-19(18)23-24(28(17(3)4)26-25-23)20-11-7-8-12-21(20)27;1-18(2)15-20-5-7-21(8-6-20)24-23(28)9-10-29-11-12-30-13-14-31-17-22-16-27(19(3)4)26-25-22;1-9(2)11-6-5-7-12(8-11)13(15)14-10(3)4;1-7(2)5-9-6-12(8(3)4)11-10-9;1-6(2)5-8(10)9-7(3)4/h5-12,16-17H,13-15H2,1-4H3;5-8,16,18-19H,9-15,17H2,1-4H3,(H,24,28);5-10H,1-4H3,(H,14,15);6-8H,5H2,1-4H3;6-7H,5H2,1-4H3,(H,9,10). The molecule has 0 saturated heterocycles. The average Bonchev–Trinajstić information content (AvgIpc) is 1.70. The number of carbonyl (C=O) groups excluding carboxylic acids is 3. The summed E-state index contributed by atoms with van der Waals surface area (Å²) in [7, 11) is 0. The molecule has 0 bridgehead atoms. The first-order valence-corrected chi connectivity index (χ1v) is 35.5. The summed E-state index contributed by atoms with van der Waals surface area (Å²) in [6, 6.07) is 34.3. The Balaban J connectivity index is 0.000000277. The molecule has 3 N–H and O–H groups in total. The van der Waals surface area contributed by atoms with Crippen molar-refractivity contribution in [1.82, 2.24) is 55.6 Å². The summed E-state index contributed by atoms with van der Waals surface area (Å²) in [6.07, 6.45) is 8.36. The minimum atomic E-state index is -0.0553. The van der Waals surface area contributed by atoms with Gasteiger partial charge in [-0.1, -0.05) is 170 Å². The van der Waals surface area contributed by atoms with E-state index in [1.807, 2.05) is 111 Å². The average molecular weight is 1350 g/mol. The molecule has 0 saturated carbocycles. The van der Waals surface area contributed by atoms with Crippen LogP contribution in [-0.2, 0) is 54.6 Å². The van der Waals surface area contributed by atoms with Crippen LogP contribution in [0.4, 0.5) is 11.4 Å². The smallest absolute Gasteiger partial charge is 0.227 e. The Kier molecular flexibility index (Phi) is 36.3. The number of ether oxygens (including phenoxy) is 3. The minimum absolute atomic E-state index is 0.0553. The number of rotatable bonds is 28. The van der Waals surface area contributed by atoms with Crippen molar-refractivity contribution in [2.75, 3.05) is 43.3 Å². The number of fused-ring (bicyclic) bond motifs is 5. The summed E-state index contributed by atoms with van der Waals surface area (Å²) in [6.45, 7) is 45.4. The van der Waals surface area contributed by atoms with Crippen molar-refractivity contribution in [2.45, 2.75) is 226 Å². The number of benzene rings is 4. The summed E-state index contributed by atoms with van der Waals surface area (Å²) in [5.41, 5.74) is 12.4. The molecule has 0 aliphatic carbocycles. The molecule has 3 amide bonds. The van der Waals surface area contributed by atoms with Crippen LogP contribution in [0.1, 0.15) is 222 Å². The number of aromatic nitrogens is 9. The maximum Gasteiger partial charge on any atom is 0.227 e. The fraction of sp³-hybridized carbons (Fsp3) is 0.558. The molecule has 1 aliphatic rings. The van der Waals surface area contributed by atoms with Gasteiger partial charge in [0.25, 0.3) is 0 Å². The van der Waals surface area contributed by atoms with Crippen LogP contribution in [0.2, 0.25) is 0 Å². The third-order valence-electron chi connectivity index (χ3n) is 14.9. The minimum Gasteiger partial charge on any atom is -0.379 e. The second-order valence-electron chi connectivity index (χ2n) is 28.2. The van der Waals surface area contributed by atoms with Gasteiger partial charge in [0.15, 0.2) is 0 Å². The molecular formula is C77H117N13O6S. The highest BCUT2D eigenvalue weighted by Gasteiger charge is 2.30. The monoisotopic (exact) mass is 1350 g/mol. The largest absolute Gasteiger partial charge is 0.379 e. The van der Waals surface area contributed by atoms with Crippen LogP contribution >= 0.6 is 12.2 Å². The van der Waals surface area contributed by atoms with Gasteiger partial charge in [0.05, 0.1) is 75.9 Å². The van der Waals surface area contributed by atoms with Crippen LogP contribution < -0.4 is 20.9 Å². The predicted molar refractivity (Wildman–Crippen MR) is 399 cm³/mol. The molecule has 19 nitrogen and oxygen atoms in total. The molecule has 0 radical (unpaired) electrons. The number of amides is 3. The van der Waals surface area contributed by atoms with Gasteiger partial charge in [0, 0.05) is 71.6 Å². The van der Waals surface area contributed by atoms with Gasteiger partial charge in [-0.2, -0.15) is 0 Å². The van der Waals surface area contributed by atoms with E-state index in [1.54, 1.807) is 4.68 Å². The maximum absolute atomic E-state index is 13.3. The Bertz CT molecular complexity index is 3410. The van der Waals surface area contributed by atoms with Crippen molar-refractivity contribution >= 4 is 46.3 Å². The second kappa shape index (κ2) is 43.0. The van der Waals surface area contributed by atoms with Crippen LogP contribution in [0.3, 0.4) is 0 Å². The molecule has 0 atom stereocenters. The van der Waals surface area contributed by atoms with E-state index in [4.69, 9.17) is 26.4 Å². The molecular weight excluding hydrogens is 1230 g/mol. The van der Waals surface area contributed by atoms with E-state index in [1.165, 1.54) is 11.1 Å². The molecule has 7 aromatic rings. The number of anilines is 2. The molecule has 532 valence electrons. The molecule has 1 aliphatic heterocycles. The summed E-state index contributed by atoms with van der Waals surface area (Å²) in [5.74, 6) is 3.03. The molecule has 0 fully saturated rings. The zero-order chi connectivity index (χ0) is 71.7. The number of thiocarbonyl (C=S) groups is 1. The van der Waals surface area contributed by atoms with Crippen LogP contribution in [0.15, 0.2) is 109 Å². The van der Waals surface area contributed by atoms with Crippen molar-refractivity contribution < 1.29 is 28.6 Å². The van der Waals surface area contributed by atoms with Crippen molar-refractivity contribution in [3.63, 3.8) is 0 Å². The van der Waals surface area contributed by atoms with E-state index in [2.05, 4.69) is 198 Å². The molecule has 97 heavy (non-hydrogen) atoms. The Hall–Kier alpha value is -7.52. The van der Waals surface area contributed by atoms with Crippen LogP contribution in [0.5, 0.6) is 0 Å². The maximum atomic E-state index is 13.3. The lowest BCUT2D eigenvalue weighted by molar-refractivity contribution is -0.122. The zero-order valence-electron chi connectivity index (χ0n) is 62.2. The van der Waals surface area contributed by atoms with Gasteiger partial charge in [-0.25, -0.2) is 14.0 Å². The van der Waals surface area contributed by atoms with Gasteiger partial charge in [-0.3, -0.25) is 14.4 Å². The number of hydrogen-bond donors (Lipinski definition) is 3. The highest BCUT2D eigenvalue weighted by molar-refractivity contribution is 7.80. The van der Waals surface area contributed by atoms with Crippen LogP contribution in [0, 0.1) is 23.7 Å². The van der Waals surface area contributed by atoms with Gasteiger partial charge in [0.2, 0.25) is 17.7 Å². The fourth-order valence-corrected chi connectivity index (χ4v) is 10.3. The Morgan fingerprint density at radius 2 is 1.11 bits per heavy atom. The van der Waals surface area contributed by atoms with Crippen molar-refractivity contribution in [3.05, 3.63) is 143 Å². The predicted octanol–water partition coefficient (Wildman–Crippen LogP) is 16.2. The molecule has 4 heterocycles. The van der Waals surface area contributed by atoms with Crippen molar-refractivity contribution in [2.24, 2.45) is 23.7 Å². The van der Waals surface area contributed by atoms with E-state index in [0.717, 1.165) is 80.7 Å². The van der Waals surface area contributed by atoms with E-state index in [0.29, 0.717) is 107 Å². The number of nitrogens with zero attached hydrogens (tertiary/aromatic N) is 10. The third-order valence-corrected chi connectivity index (χ3v) is 15.2. The molecule has 0 spiro atoms. The second-order valence-corrected chi connectivity index (χ2v) is 28.6. The first-order valence-electron chi connectivity index (χ1n) is 35.1. The lowest BCUT2D eigenvalue weighted by Crippen LogP contribution is -2.32. The number of para-hydroxylation sites is 1. The summed E-state index contributed by atoms with van der Waals surface area (Å²) in [4.78, 5) is 39.0. The summed E-state index contributed by atoms with van der Waals surface area (Å²) >= 11 is 5.33. The van der Waals surface area contributed by atoms with E-state index < -0.39 is 0 Å². The lowest BCUT2D eigenvalue weighted by atomic mass is 9.95. The number of carbonyl (C=O) groups is 3.